The predicted molar refractivity (Wildman–Crippen MR) is 86.9 cm³/mol. The van der Waals surface area contributed by atoms with Crippen molar-refractivity contribution in [3.8, 4) is 0 Å². The number of esters is 2. The lowest BCUT2D eigenvalue weighted by atomic mass is 9.63. The third-order valence-electron chi connectivity index (χ3n) is 5.03. The first-order valence-electron chi connectivity index (χ1n) is 7.53. The highest BCUT2D eigenvalue weighted by Crippen LogP contribution is 2.57. The fraction of sp³-hybridized carbons (Fsp3) is 0.529. The van der Waals surface area contributed by atoms with Gasteiger partial charge in [0.1, 0.15) is 16.9 Å². The van der Waals surface area contributed by atoms with Gasteiger partial charge in [-0.2, -0.15) is 0 Å². The summed E-state index contributed by atoms with van der Waals surface area (Å²) in [6, 6.07) is 0. The molecule has 0 aromatic heterocycles. The Morgan fingerprint density at radius 1 is 1.30 bits per heavy atom. The second kappa shape index (κ2) is 5.38. The maximum Gasteiger partial charge on any atom is 0.339 e. The molecule has 3 atom stereocenters. The highest BCUT2D eigenvalue weighted by molar-refractivity contribution is 6.32. The maximum absolute atomic E-state index is 12.0. The Morgan fingerprint density at radius 3 is 2.57 bits per heavy atom. The number of carbonyl (C=O) groups is 2. The number of fused-ring (bicyclic) bond motifs is 2. The zero-order chi connectivity index (χ0) is 17.1. The van der Waals surface area contributed by atoms with Gasteiger partial charge in [-0.25, -0.2) is 4.79 Å². The van der Waals surface area contributed by atoms with E-state index in [1.807, 2.05) is 13.8 Å². The van der Waals surface area contributed by atoms with Crippen LogP contribution in [0.3, 0.4) is 0 Å². The van der Waals surface area contributed by atoms with Gasteiger partial charge in [-0.3, -0.25) is 4.79 Å². The molecule has 6 heteroatoms. The minimum Gasteiger partial charge on any atom is -0.429 e. The van der Waals surface area contributed by atoms with Crippen molar-refractivity contribution >= 4 is 35.1 Å². The second-order valence-electron chi connectivity index (χ2n) is 6.50. The van der Waals surface area contributed by atoms with E-state index in [1.165, 1.54) is 6.92 Å². The number of carbonyl (C=O) groups excluding carboxylic acids is 2. The van der Waals surface area contributed by atoms with Crippen LogP contribution in [0, 0.1) is 5.41 Å². The largest absolute Gasteiger partial charge is 0.429 e. The molecule has 0 unspecified atom stereocenters. The fourth-order valence-corrected chi connectivity index (χ4v) is 4.56. The minimum absolute atomic E-state index is 0.326. The molecule has 3 aliphatic rings. The summed E-state index contributed by atoms with van der Waals surface area (Å²) in [5.74, 6) is 0.139. The molecule has 0 bridgehead atoms. The highest BCUT2D eigenvalue weighted by Gasteiger charge is 2.53. The molecule has 0 amide bonds. The molecule has 0 saturated heterocycles. The molecule has 1 aliphatic heterocycles. The van der Waals surface area contributed by atoms with Crippen LogP contribution >= 0.6 is 23.2 Å². The molecular formula is C17H18Cl2O4. The van der Waals surface area contributed by atoms with E-state index in [2.05, 4.69) is 0 Å². The van der Waals surface area contributed by atoms with Gasteiger partial charge in [-0.05, 0) is 32.3 Å². The minimum atomic E-state index is -0.612. The molecule has 124 valence electrons. The fourth-order valence-electron chi connectivity index (χ4n) is 3.74. The van der Waals surface area contributed by atoms with Crippen LogP contribution in [-0.2, 0) is 19.1 Å². The van der Waals surface area contributed by atoms with E-state index in [1.54, 1.807) is 6.92 Å². The van der Waals surface area contributed by atoms with Gasteiger partial charge in [0.15, 0.2) is 0 Å². The van der Waals surface area contributed by atoms with Gasteiger partial charge in [0, 0.05) is 29.1 Å². The molecule has 3 rings (SSSR count). The van der Waals surface area contributed by atoms with E-state index >= 15 is 0 Å². The number of ether oxygens (including phenoxy) is 2. The molecule has 0 spiro atoms. The Morgan fingerprint density at radius 2 is 1.96 bits per heavy atom. The van der Waals surface area contributed by atoms with E-state index in [0.29, 0.717) is 17.1 Å². The number of hydrogen-bond acceptors (Lipinski definition) is 4. The standard InChI is InChI=1S/C17H18Cl2O4/c1-7-10-5-6-17(4)11(14(10)23-16(7)21)8(2)13(22-9(3)20)12(18)15(17)19/h12,15H,5-6H2,1-4H3/t12-,15+,17+/m1/s1. The average Bonchev–Trinajstić information content (AvgIpc) is 2.76. The van der Waals surface area contributed by atoms with E-state index in [4.69, 9.17) is 32.7 Å². The lowest BCUT2D eigenvalue weighted by Crippen LogP contribution is -2.45. The van der Waals surface area contributed by atoms with Crippen LogP contribution in [0.5, 0.6) is 0 Å². The van der Waals surface area contributed by atoms with Crippen molar-refractivity contribution in [2.24, 2.45) is 5.41 Å². The summed E-state index contributed by atoms with van der Waals surface area (Å²) < 4.78 is 10.8. The summed E-state index contributed by atoms with van der Waals surface area (Å²) in [4.78, 5) is 23.4. The highest BCUT2D eigenvalue weighted by atomic mass is 35.5. The lowest BCUT2D eigenvalue weighted by molar-refractivity contribution is -0.137. The third kappa shape index (κ3) is 2.26. The zero-order valence-corrected chi connectivity index (χ0v) is 15.0. The molecule has 0 radical (unpaired) electrons. The number of alkyl halides is 2. The summed E-state index contributed by atoms with van der Waals surface area (Å²) in [6.45, 7) is 6.95. The number of hydrogen-bond donors (Lipinski definition) is 0. The van der Waals surface area contributed by atoms with Crippen molar-refractivity contribution in [2.45, 2.75) is 51.3 Å². The van der Waals surface area contributed by atoms with E-state index in [-0.39, 0.29) is 5.97 Å². The molecule has 0 aromatic carbocycles. The average molecular weight is 357 g/mol. The first kappa shape index (κ1) is 16.6. The van der Waals surface area contributed by atoms with Gasteiger partial charge in [0.2, 0.25) is 0 Å². The third-order valence-corrected chi connectivity index (χ3v) is 6.35. The molecule has 1 heterocycles. The SMILES string of the molecule is CC(=O)OC1=C(C)C2=C3OC(=O)C(C)=C3CC[C@]2(C)[C@@H](Cl)[C@@H]1Cl. The van der Waals surface area contributed by atoms with Crippen LogP contribution < -0.4 is 0 Å². The number of allylic oxidation sites excluding steroid dienone is 4. The van der Waals surface area contributed by atoms with E-state index < -0.39 is 22.1 Å². The van der Waals surface area contributed by atoms with Gasteiger partial charge in [0.25, 0.3) is 0 Å². The molecule has 2 aliphatic carbocycles. The smallest absolute Gasteiger partial charge is 0.339 e. The molecular weight excluding hydrogens is 339 g/mol. The van der Waals surface area contributed by atoms with Crippen LogP contribution in [0.2, 0.25) is 0 Å². The van der Waals surface area contributed by atoms with Crippen LogP contribution in [-0.4, -0.2) is 22.7 Å². The van der Waals surface area contributed by atoms with Gasteiger partial charge in [0.05, 0.1) is 5.38 Å². The van der Waals surface area contributed by atoms with Gasteiger partial charge < -0.3 is 9.47 Å². The monoisotopic (exact) mass is 356 g/mol. The van der Waals surface area contributed by atoms with E-state index in [0.717, 1.165) is 29.6 Å². The Hall–Kier alpha value is -1.26. The molecule has 0 aromatic rings. The van der Waals surface area contributed by atoms with Crippen LogP contribution in [0.15, 0.2) is 33.8 Å². The summed E-state index contributed by atoms with van der Waals surface area (Å²) in [5.41, 5.74) is 2.67. The summed E-state index contributed by atoms with van der Waals surface area (Å²) >= 11 is 13.1. The van der Waals surface area contributed by atoms with Crippen molar-refractivity contribution in [3.05, 3.63) is 33.8 Å². The van der Waals surface area contributed by atoms with Crippen molar-refractivity contribution in [3.63, 3.8) is 0 Å². The summed E-state index contributed by atoms with van der Waals surface area (Å²) in [5, 5.41) is -1.08. The van der Waals surface area contributed by atoms with Crippen LogP contribution in [0.4, 0.5) is 0 Å². The number of rotatable bonds is 1. The van der Waals surface area contributed by atoms with Crippen molar-refractivity contribution in [2.75, 3.05) is 0 Å². The Balaban J connectivity index is 2.27. The van der Waals surface area contributed by atoms with E-state index in [9.17, 15) is 9.59 Å². The maximum atomic E-state index is 12.0. The molecule has 23 heavy (non-hydrogen) atoms. The van der Waals surface area contributed by atoms with Crippen molar-refractivity contribution < 1.29 is 19.1 Å². The zero-order valence-electron chi connectivity index (χ0n) is 13.5. The Bertz CT molecular complexity index is 716. The summed E-state index contributed by atoms with van der Waals surface area (Å²) in [6.07, 6.45) is 1.48. The van der Waals surface area contributed by atoms with Gasteiger partial charge in [-0.15, -0.1) is 23.2 Å². The summed E-state index contributed by atoms with van der Waals surface area (Å²) in [7, 11) is 0. The molecule has 0 saturated carbocycles. The van der Waals surface area contributed by atoms with Crippen LogP contribution in [0.25, 0.3) is 0 Å². The van der Waals surface area contributed by atoms with Crippen molar-refractivity contribution in [1.29, 1.82) is 0 Å². The predicted octanol–water partition coefficient (Wildman–Crippen LogP) is 3.98. The van der Waals surface area contributed by atoms with Crippen LogP contribution in [0.1, 0.15) is 40.5 Å². The topological polar surface area (TPSA) is 52.6 Å². The van der Waals surface area contributed by atoms with Crippen molar-refractivity contribution in [1.82, 2.24) is 0 Å². The second-order valence-corrected chi connectivity index (χ2v) is 7.44. The Labute approximate surface area is 145 Å². The molecule has 0 N–H and O–H groups in total. The first-order chi connectivity index (χ1) is 10.7. The molecule has 4 nitrogen and oxygen atoms in total. The number of halogens is 2. The Kier molecular flexibility index (Phi) is 3.88. The van der Waals surface area contributed by atoms with Gasteiger partial charge >= 0.3 is 11.9 Å². The normalized spacial score (nSPS) is 33.6. The van der Waals surface area contributed by atoms with Gasteiger partial charge in [-0.1, -0.05) is 6.92 Å². The molecule has 0 fully saturated rings. The quantitative estimate of drug-likeness (QED) is 0.526. The first-order valence-corrected chi connectivity index (χ1v) is 8.40. The lowest BCUT2D eigenvalue weighted by Gasteiger charge is -2.46.